The van der Waals surface area contributed by atoms with E-state index in [-0.39, 0.29) is 0 Å². The summed E-state index contributed by atoms with van der Waals surface area (Å²) in [5, 5.41) is 6.68. The predicted molar refractivity (Wildman–Crippen MR) is 114 cm³/mol. The zero-order valence-electron chi connectivity index (χ0n) is 17.7. The topological polar surface area (TPSA) is 64.1 Å². The number of methoxy groups -OCH3 is 3. The quantitative estimate of drug-likeness (QED) is 0.540. The highest BCUT2D eigenvalue weighted by Crippen LogP contribution is 2.39. The van der Waals surface area contributed by atoms with Gasteiger partial charge < -0.3 is 24.8 Å². The molecule has 0 unspecified atom stereocenters. The molecule has 6 nitrogen and oxygen atoms in total. The Morgan fingerprint density at radius 2 is 1.57 bits per heavy atom. The number of benzene rings is 2. The van der Waals surface area contributed by atoms with Crippen molar-refractivity contribution in [2.75, 3.05) is 34.9 Å². The molecular weight excluding hydrogens is 354 g/mol. The maximum Gasteiger partial charge on any atom is 0.203 e. The van der Waals surface area contributed by atoms with Crippen LogP contribution in [0.5, 0.6) is 17.2 Å². The van der Waals surface area contributed by atoms with E-state index in [2.05, 4.69) is 47.7 Å². The summed E-state index contributed by atoms with van der Waals surface area (Å²) >= 11 is 0. The average molecular weight is 386 g/mol. The van der Waals surface area contributed by atoms with Crippen LogP contribution in [-0.2, 0) is 13.0 Å². The molecule has 0 radical (unpaired) electrons. The van der Waals surface area contributed by atoms with Crippen LogP contribution in [0.4, 0.5) is 0 Å². The molecule has 6 heteroatoms. The number of aryl methyl sites for hydroxylation is 2. The van der Waals surface area contributed by atoms with Gasteiger partial charge in [0.1, 0.15) is 0 Å². The Kier molecular flexibility index (Phi) is 7.99. The average Bonchev–Trinajstić information content (AvgIpc) is 2.68. The highest BCUT2D eigenvalue weighted by molar-refractivity contribution is 5.79. The molecule has 28 heavy (non-hydrogen) atoms. The lowest BCUT2D eigenvalue weighted by Gasteiger charge is -2.17. The molecular formula is C22H31N3O3. The Morgan fingerprint density at radius 1 is 0.893 bits per heavy atom. The summed E-state index contributed by atoms with van der Waals surface area (Å²) in [7, 11) is 6.59. The second-order valence-corrected chi connectivity index (χ2v) is 6.59. The molecule has 0 aromatic heterocycles. The molecule has 0 amide bonds. The number of rotatable bonds is 8. The van der Waals surface area contributed by atoms with Gasteiger partial charge in [0.15, 0.2) is 17.5 Å². The zero-order valence-corrected chi connectivity index (χ0v) is 17.7. The molecule has 0 aliphatic rings. The minimum absolute atomic E-state index is 0.548. The minimum Gasteiger partial charge on any atom is -0.493 e. The van der Waals surface area contributed by atoms with Crippen LogP contribution in [0.15, 0.2) is 35.3 Å². The van der Waals surface area contributed by atoms with Crippen molar-refractivity contribution in [1.82, 2.24) is 10.6 Å². The molecule has 152 valence electrons. The highest BCUT2D eigenvalue weighted by Gasteiger charge is 2.15. The SMILES string of the molecule is CN=C(NCCc1cc(C)cc(C)c1)NCc1ccc(OC)c(OC)c1OC. The Labute approximate surface area is 167 Å². The largest absolute Gasteiger partial charge is 0.493 e. The third-order valence-electron chi connectivity index (χ3n) is 4.44. The van der Waals surface area contributed by atoms with Crippen molar-refractivity contribution in [2.45, 2.75) is 26.8 Å². The lowest BCUT2D eigenvalue weighted by Crippen LogP contribution is -2.37. The third-order valence-corrected chi connectivity index (χ3v) is 4.44. The van der Waals surface area contributed by atoms with Gasteiger partial charge in [0.05, 0.1) is 21.3 Å². The van der Waals surface area contributed by atoms with Gasteiger partial charge in [0.25, 0.3) is 0 Å². The highest BCUT2D eigenvalue weighted by atomic mass is 16.5. The fourth-order valence-electron chi connectivity index (χ4n) is 3.24. The standard InChI is InChI=1S/C22H31N3O3/c1-15-11-16(2)13-17(12-15)9-10-24-22(23-3)25-14-18-7-8-19(26-4)21(28-6)20(18)27-5/h7-8,11-13H,9-10,14H2,1-6H3,(H2,23,24,25). The maximum absolute atomic E-state index is 5.53. The molecule has 2 rings (SSSR count). The molecule has 2 aromatic carbocycles. The molecule has 0 bridgehead atoms. The van der Waals surface area contributed by atoms with Crippen LogP contribution in [0.2, 0.25) is 0 Å². The normalized spacial score (nSPS) is 11.1. The summed E-state index contributed by atoms with van der Waals surface area (Å²) in [4.78, 5) is 4.30. The summed E-state index contributed by atoms with van der Waals surface area (Å²) in [5.74, 6) is 2.61. The van der Waals surface area contributed by atoms with Gasteiger partial charge in [-0.1, -0.05) is 29.3 Å². The van der Waals surface area contributed by atoms with Gasteiger partial charge in [0, 0.05) is 25.7 Å². The van der Waals surface area contributed by atoms with Gasteiger partial charge in [0.2, 0.25) is 5.75 Å². The van der Waals surface area contributed by atoms with Crippen LogP contribution < -0.4 is 24.8 Å². The first-order valence-electron chi connectivity index (χ1n) is 9.31. The molecule has 0 aliphatic heterocycles. The summed E-state index contributed by atoms with van der Waals surface area (Å²) in [6.45, 7) is 5.60. The molecule has 0 saturated heterocycles. The van der Waals surface area contributed by atoms with Crippen molar-refractivity contribution < 1.29 is 14.2 Å². The van der Waals surface area contributed by atoms with E-state index >= 15 is 0 Å². The van der Waals surface area contributed by atoms with Gasteiger partial charge in [-0.2, -0.15) is 0 Å². The molecule has 0 aliphatic carbocycles. The van der Waals surface area contributed by atoms with E-state index in [1.807, 2.05) is 12.1 Å². The molecule has 2 N–H and O–H groups in total. The second kappa shape index (κ2) is 10.4. The van der Waals surface area contributed by atoms with Crippen molar-refractivity contribution >= 4 is 5.96 Å². The Balaban J connectivity index is 1.97. The first kappa shape index (κ1) is 21.4. The zero-order chi connectivity index (χ0) is 20.5. The number of hydrogen-bond donors (Lipinski definition) is 2. The second-order valence-electron chi connectivity index (χ2n) is 6.59. The van der Waals surface area contributed by atoms with Crippen molar-refractivity contribution in [3.8, 4) is 17.2 Å². The molecule has 0 fully saturated rings. The summed E-state index contributed by atoms with van der Waals surface area (Å²) in [5.41, 5.74) is 4.86. The fourth-order valence-corrected chi connectivity index (χ4v) is 3.24. The molecule has 0 atom stereocenters. The van der Waals surface area contributed by atoms with Crippen LogP contribution in [-0.4, -0.2) is 40.9 Å². The molecule has 0 heterocycles. The van der Waals surface area contributed by atoms with Gasteiger partial charge in [-0.15, -0.1) is 0 Å². The number of nitrogens with one attached hydrogen (secondary N) is 2. The van der Waals surface area contributed by atoms with Gasteiger partial charge >= 0.3 is 0 Å². The van der Waals surface area contributed by atoms with Crippen LogP contribution >= 0.6 is 0 Å². The van der Waals surface area contributed by atoms with Crippen LogP contribution in [0.3, 0.4) is 0 Å². The summed E-state index contributed by atoms with van der Waals surface area (Å²) in [6, 6.07) is 10.5. The summed E-state index contributed by atoms with van der Waals surface area (Å²) in [6.07, 6.45) is 0.933. The van der Waals surface area contributed by atoms with E-state index in [9.17, 15) is 0 Å². The van der Waals surface area contributed by atoms with E-state index in [4.69, 9.17) is 14.2 Å². The van der Waals surface area contributed by atoms with Crippen LogP contribution in [0.1, 0.15) is 22.3 Å². The molecule has 0 spiro atoms. The minimum atomic E-state index is 0.548. The number of ether oxygens (including phenoxy) is 3. The number of nitrogens with zero attached hydrogens (tertiary/aromatic N) is 1. The van der Waals surface area contributed by atoms with Gasteiger partial charge in [-0.05, 0) is 38.0 Å². The molecule has 0 saturated carbocycles. The van der Waals surface area contributed by atoms with Crippen molar-refractivity contribution in [3.05, 3.63) is 52.6 Å². The van der Waals surface area contributed by atoms with Crippen molar-refractivity contribution in [2.24, 2.45) is 4.99 Å². The van der Waals surface area contributed by atoms with E-state index in [0.717, 1.165) is 24.5 Å². The van der Waals surface area contributed by atoms with E-state index in [1.165, 1.54) is 16.7 Å². The monoisotopic (exact) mass is 385 g/mol. The smallest absolute Gasteiger partial charge is 0.203 e. The lowest BCUT2D eigenvalue weighted by atomic mass is 10.1. The predicted octanol–water partition coefficient (Wildman–Crippen LogP) is 3.24. The Morgan fingerprint density at radius 3 is 2.14 bits per heavy atom. The number of hydrogen-bond acceptors (Lipinski definition) is 4. The van der Waals surface area contributed by atoms with Gasteiger partial charge in [-0.25, -0.2) is 0 Å². The van der Waals surface area contributed by atoms with E-state index in [0.29, 0.717) is 23.8 Å². The Bertz CT molecular complexity index is 799. The fraction of sp³-hybridized carbons (Fsp3) is 0.409. The number of aliphatic imine (C=N–C) groups is 1. The van der Waals surface area contributed by atoms with Crippen LogP contribution in [0.25, 0.3) is 0 Å². The Hall–Kier alpha value is -2.89. The summed E-state index contributed by atoms with van der Waals surface area (Å²) < 4.78 is 16.3. The molecule has 2 aromatic rings. The third kappa shape index (κ3) is 5.55. The lowest BCUT2D eigenvalue weighted by molar-refractivity contribution is 0.322. The van der Waals surface area contributed by atoms with E-state index < -0.39 is 0 Å². The first-order valence-corrected chi connectivity index (χ1v) is 9.31. The van der Waals surface area contributed by atoms with Gasteiger partial charge in [-0.3, -0.25) is 4.99 Å². The van der Waals surface area contributed by atoms with Crippen molar-refractivity contribution in [3.63, 3.8) is 0 Å². The first-order chi connectivity index (χ1) is 13.5. The van der Waals surface area contributed by atoms with Crippen molar-refractivity contribution in [1.29, 1.82) is 0 Å². The van der Waals surface area contributed by atoms with Crippen LogP contribution in [0, 0.1) is 13.8 Å². The number of guanidine groups is 1. The maximum atomic E-state index is 5.53. The van der Waals surface area contributed by atoms with E-state index in [1.54, 1.807) is 28.4 Å².